The monoisotopic (exact) mass is 172 g/mol. The molecule has 0 saturated carbocycles. The molecule has 2 atom stereocenters. The summed E-state index contributed by atoms with van der Waals surface area (Å²) >= 11 is 0. The summed E-state index contributed by atoms with van der Waals surface area (Å²) in [5.74, 6) is 0.497. The minimum atomic E-state index is -0.0588. The highest BCUT2D eigenvalue weighted by atomic mass is 16.3. The molecule has 0 saturated heterocycles. The van der Waals surface area contributed by atoms with Crippen molar-refractivity contribution >= 4 is 0 Å². The second kappa shape index (κ2) is 7.60. The quantitative estimate of drug-likeness (QED) is 0.624. The summed E-state index contributed by atoms with van der Waals surface area (Å²) in [6.07, 6.45) is 6.96. The fourth-order valence-electron chi connectivity index (χ4n) is 1.42. The van der Waals surface area contributed by atoms with Crippen LogP contribution in [-0.2, 0) is 0 Å². The SMILES string of the molecule is CCCCC(C)C(O)CCCC. The average Bonchev–Trinajstić information content (AvgIpc) is 2.10. The zero-order valence-electron chi connectivity index (χ0n) is 8.84. The van der Waals surface area contributed by atoms with Crippen molar-refractivity contribution in [3.8, 4) is 0 Å². The Morgan fingerprint density at radius 1 is 1.00 bits per heavy atom. The Kier molecular flexibility index (Phi) is 7.58. The largest absolute Gasteiger partial charge is 0.393 e. The van der Waals surface area contributed by atoms with Gasteiger partial charge in [-0.3, -0.25) is 0 Å². The predicted octanol–water partition coefficient (Wildman–Crippen LogP) is 3.36. The van der Waals surface area contributed by atoms with Crippen LogP contribution < -0.4 is 0 Å². The van der Waals surface area contributed by atoms with Gasteiger partial charge in [0.15, 0.2) is 0 Å². The van der Waals surface area contributed by atoms with Crippen molar-refractivity contribution in [1.82, 2.24) is 0 Å². The molecule has 0 aliphatic rings. The van der Waals surface area contributed by atoms with E-state index in [-0.39, 0.29) is 6.10 Å². The molecule has 1 heteroatoms. The lowest BCUT2D eigenvalue weighted by atomic mass is 9.95. The third kappa shape index (κ3) is 5.59. The summed E-state index contributed by atoms with van der Waals surface area (Å²) in [7, 11) is 0. The van der Waals surface area contributed by atoms with Crippen molar-refractivity contribution in [2.24, 2.45) is 5.92 Å². The fourth-order valence-corrected chi connectivity index (χ4v) is 1.42. The van der Waals surface area contributed by atoms with Gasteiger partial charge in [0.05, 0.1) is 6.10 Å². The molecule has 0 amide bonds. The molecule has 0 heterocycles. The fraction of sp³-hybridized carbons (Fsp3) is 1.00. The minimum absolute atomic E-state index is 0.0588. The summed E-state index contributed by atoms with van der Waals surface area (Å²) < 4.78 is 0. The Hall–Kier alpha value is -0.0400. The van der Waals surface area contributed by atoms with Crippen LogP contribution in [-0.4, -0.2) is 11.2 Å². The second-order valence-corrected chi connectivity index (χ2v) is 3.83. The highest BCUT2D eigenvalue weighted by Crippen LogP contribution is 2.16. The Bertz CT molecular complexity index is 79.0. The van der Waals surface area contributed by atoms with Crippen molar-refractivity contribution in [3.05, 3.63) is 0 Å². The van der Waals surface area contributed by atoms with E-state index in [1.54, 1.807) is 0 Å². The molecular weight excluding hydrogens is 148 g/mol. The maximum atomic E-state index is 9.68. The van der Waals surface area contributed by atoms with Crippen molar-refractivity contribution in [1.29, 1.82) is 0 Å². The van der Waals surface area contributed by atoms with Crippen molar-refractivity contribution in [2.45, 2.75) is 65.4 Å². The molecule has 0 fully saturated rings. The Balaban J connectivity index is 3.39. The molecule has 1 nitrogen and oxygen atoms in total. The van der Waals surface area contributed by atoms with E-state index in [9.17, 15) is 5.11 Å². The minimum Gasteiger partial charge on any atom is -0.393 e. The van der Waals surface area contributed by atoms with Gasteiger partial charge < -0.3 is 5.11 Å². The van der Waals surface area contributed by atoms with Gasteiger partial charge in [-0.25, -0.2) is 0 Å². The number of aliphatic hydroxyl groups is 1. The maximum Gasteiger partial charge on any atom is 0.0565 e. The van der Waals surface area contributed by atoms with Gasteiger partial charge in [0.25, 0.3) is 0 Å². The van der Waals surface area contributed by atoms with E-state index in [2.05, 4.69) is 20.8 Å². The Morgan fingerprint density at radius 3 is 2.00 bits per heavy atom. The lowest BCUT2D eigenvalue weighted by Gasteiger charge is -2.17. The molecule has 0 aromatic heterocycles. The molecule has 0 aromatic rings. The smallest absolute Gasteiger partial charge is 0.0565 e. The first-order valence-corrected chi connectivity index (χ1v) is 5.40. The molecule has 0 aliphatic carbocycles. The molecule has 0 aliphatic heterocycles. The number of hydrogen-bond acceptors (Lipinski definition) is 1. The summed E-state index contributed by atoms with van der Waals surface area (Å²) in [5, 5.41) is 9.68. The van der Waals surface area contributed by atoms with Crippen molar-refractivity contribution in [3.63, 3.8) is 0 Å². The van der Waals surface area contributed by atoms with E-state index in [0.29, 0.717) is 5.92 Å². The number of rotatable bonds is 7. The third-order valence-electron chi connectivity index (χ3n) is 2.52. The van der Waals surface area contributed by atoms with Crippen LogP contribution in [0.4, 0.5) is 0 Å². The highest BCUT2D eigenvalue weighted by molar-refractivity contribution is 4.64. The molecule has 0 aromatic carbocycles. The van der Waals surface area contributed by atoms with Crippen LogP contribution in [0.25, 0.3) is 0 Å². The van der Waals surface area contributed by atoms with Gasteiger partial charge in [-0.15, -0.1) is 0 Å². The molecule has 0 rings (SSSR count). The molecule has 2 unspecified atom stereocenters. The van der Waals surface area contributed by atoms with Gasteiger partial charge in [0.1, 0.15) is 0 Å². The molecule has 74 valence electrons. The standard InChI is InChI=1S/C11H24O/c1-4-6-8-10(3)11(12)9-7-5-2/h10-12H,4-9H2,1-3H3. The lowest BCUT2D eigenvalue weighted by Crippen LogP contribution is -2.17. The Morgan fingerprint density at radius 2 is 1.50 bits per heavy atom. The first-order chi connectivity index (χ1) is 5.72. The van der Waals surface area contributed by atoms with Crippen molar-refractivity contribution in [2.75, 3.05) is 0 Å². The van der Waals surface area contributed by atoms with Gasteiger partial charge in [0.2, 0.25) is 0 Å². The van der Waals surface area contributed by atoms with E-state index < -0.39 is 0 Å². The maximum absolute atomic E-state index is 9.68. The first-order valence-electron chi connectivity index (χ1n) is 5.40. The third-order valence-corrected chi connectivity index (χ3v) is 2.52. The van der Waals surface area contributed by atoms with E-state index in [4.69, 9.17) is 0 Å². The topological polar surface area (TPSA) is 20.2 Å². The van der Waals surface area contributed by atoms with Crippen LogP contribution in [0.2, 0.25) is 0 Å². The molecular formula is C11H24O. The van der Waals surface area contributed by atoms with E-state index in [1.807, 2.05) is 0 Å². The van der Waals surface area contributed by atoms with Crippen LogP contribution in [0.5, 0.6) is 0 Å². The summed E-state index contributed by atoms with van der Waals surface area (Å²) in [6.45, 7) is 6.53. The molecule has 0 radical (unpaired) electrons. The van der Waals surface area contributed by atoms with Gasteiger partial charge in [0, 0.05) is 0 Å². The molecule has 1 N–H and O–H groups in total. The number of hydrogen-bond donors (Lipinski definition) is 1. The zero-order chi connectivity index (χ0) is 9.40. The van der Waals surface area contributed by atoms with E-state index >= 15 is 0 Å². The van der Waals surface area contributed by atoms with Crippen LogP contribution in [0, 0.1) is 5.92 Å². The molecule has 12 heavy (non-hydrogen) atoms. The van der Waals surface area contributed by atoms with Crippen LogP contribution in [0.1, 0.15) is 59.3 Å². The highest BCUT2D eigenvalue weighted by Gasteiger charge is 2.12. The van der Waals surface area contributed by atoms with Crippen LogP contribution >= 0.6 is 0 Å². The summed E-state index contributed by atoms with van der Waals surface area (Å²) in [5.41, 5.74) is 0. The second-order valence-electron chi connectivity index (χ2n) is 3.83. The van der Waals surface area contributed by atoms with Gasteiger partial charge in [-0.1, -0.05) is 46.5 Å². The van der Waals surface area contributed by atoms with Crippen LogP contribution in [0.3, 0.4) is 0 Å². The van der Waals surface area contributed by atoms with Crippen LogP contribution in [0.15, 0.2) is 0 Å². The predicted molar refractivity (Wildman–Crippen MR) is 54.2 cm³/mol. The van der Waals surface area contributed by atoms with Crippen molar-refractivity contribution < 1.29 is 5.11 Å². The first kappa shape index (κ1) is 12.0. The lowest BCUT2D eigenvalue weighted by molar-refractivity contribution is 0.0994. The Labute approximate surface area is 77.2 Å². The van der Waals surface area contributed by atoms with Gasteiger partial charge in [-0.2, -0.15) is 0 Å². The number of unbranched alkanes of at least 4 members (excludes halogenated alkanes) is 2. The summed E-state index contributed by atoms with van der Waals surface area (Å²) in [4.78, 5) is 0. The van der Waals surface area contributed by atoms with Gasteiger partial charge >= 0.3 is 0 Å². The normalized spacial score (nSPS) is 16.0. The van der Waals surface area contributed by atoms with Gasteiger partial charge in [-0.05, 0) is 18.8 Å². The van der Waals surface area contributed by atoms with E-state index in [0.717, 1.165) is 12.8 Å². The summed E-state index contributed by atoms with van der Waals surface area (Å²) in [6, 6.07) is 0. The molecule has 0 bridgehead atoms. The zero-order valence-corrected chi connectivity index (χ0v) is 8.84. The average molecular weight is 172 g/mol. The number of aliphatic hydroxyl groups excluding tert-OH is 1. The van der Waals surface area contributed by atoms with E-state index in [1.165, 1.54) is 25.7 Å². The molecule has 0 spiro atoms.